The van der Waals surface area contributed by atoms with Crippen LogP contribution in [0.2, 0.25) is 0 Å². The van der Waals surface area contributed by atoms with Crippen LogP contribution < -0.4 is 10.2 Å². The molecule has 1 aromatic carbocycles. The summed E-state index contributed by atoms with van der Waals surface area (Å²) in [6.45, 7) is 13.7. The molecule has 3 saturated heterocycles. The number of anilines is 1. The predicted molar refractivity (Wildman–Crippen MR) is 148 cm³/mol. The van der Waals surface area contributed by atoms with Gasteiger partial charge in [0.05, 0.1) is 43.4 Å². The van der Waals surface area contributed by atoms with Crippen molar-refractivity contribution in [1.82, 2.24) is 35.1 Å². The topological polar surface area (TPSA) is 113 Å². The number of nitrogens with zero attached hydrogens (tertiary/aromatic N) is 8. The van der Waals surface area contributed by atoms with E-state index in [2.05, 4.69) is 30.4 Å². The maximum atomic E-state index is 15.3. The predicted octanol–water partition coefficient (Wildman–Crippen LogP) is 1.61. The Kier molecular flexibility index (Phi) is 6.59. The lowest BCUT2D eigenvalue weighted by molar-refractivity contribution is -0.132. The number of rotatable bonds is 7. The molecule has 216 valence electrons. The van der Waals surface area contributed by atoms with Gasteiger partial charge in [-0.1, -0.05) is 11.3 Å². The number of hydrogen-bond acceptors (Lipinski definition) is 8. The first-order valence-electron chi connectivity index (χ1n) is 14.1. The van der Waals surface area contributed by atoms with Crippen molar-refractivity contribution in [2.75, 3.05) is 57.3 Å². The number of piperazine rings is 1. The lowest BCUT2D eigenvalue weighted by atomic mass is 10.0. The van der Waals surface area contributed by atoms with Gasteiger partial charge in [0.2, 0.25) is 5.91 Å². The van der Waals surface area contributed by atoms with Crippen LogP contribution in [-0.4, -0.2) is 100 Å². The summed E-state index contributed by atoms with van der Waals surface area (Å²) in [4.78, 5) is 39.4. The van der Waals surface area contributed by atoms with E-state index in [-0.39, 0.29) is 24.3 Å². The van der Waals surface area contributed by atoms with Crippen LogP contribution in [0.15, 0.2) is 48.9 Å². The molecule has 2 amide bonds. The minimum atomic E-state index is -0.731. The summed E-state index contributed by atoms with van der Waals surface area (Å²) < 4.78 is 22.3. The Hall–Kier alpha value is -4.41. The molecule has 3 aromatic rings. The van der Waals surface area contributed by atoms with Crippen LogP contribution in [0, 0.1) is 24.2 Å². The normalized spacial score (nSPS) is 27.0. The van der Waals surface area contributed by atoms with E-state index in [1.807, 2.05) is 4.90 Å². The second kappa shape index (κ2) is 10.5. The maximum Gasteiger partial charge on any atom is 0.414 e. The molecule has 42 heavy (non-hydrogen) atoms. The van der Waals surface area contributed by atoms with Gasteiger partial charge >= 0.3 is 6.09 Å². The number of benzene rings is 1. The summed E-state index contributed by atoms with van der Waals surface area (Å²) in [6.07, 6.45) is 3.87. The Morgan fingerprint density at radius 3 is 2.64 bits per heavy atom. The number of carbonyl (C=O) groups is 2. The molecule has 2 aromatic heterocycles. The standard InChI is InChI=1S/C29H30FN9O3/c1-31-29(23-16-37(17-24(23)29)27(40)18-36-9-6-32-7-10-36)26-5-2-19(13-33-26)22-4-3-20(12-25(22)30)39-15-21(42-28(39)41)14-38-11-8-34-35-38/h2-5,8,11-13,21,23-24,32H,6-7,9-10,14-18H2/t21-,23-,24+,29?/m0/s1. The molecule has 3 aliphatic heterocycles. The van der Waals surface area contributed by atoms with Crippen molar-refractivity contribution in [2.45, 2.75) is 18.2 Å². The van der Waals surface area contributed by atoms with Crippen molar-refractivity contribution >= 4 is 17.7 Å². The Morgan fingerprint density at radius 2 is 1.98 bits per heavy atom. The van der Waals surface area contributed by atoms with Gasteiger partial charge in [-0.15, -0.1) is 5.10 Å². The van der Waals surface area contributed by atoms with Gasteiger partial charge in [0.25, 0.3) is 5.54 Å². The lowest BCUT2D eigenvalue weighted by Crippen LogP contribution is -2.48. The number of likely N-dealkylation sites (tertiary alicyclic amines) is 1. The summed E-state index contributed by atoms with van der Waals surface area (Å²) in [7, 11) is 0. The Balaban J connectivity index is 1.00. The van der Waals surface area contributed by atoms with Crippen molar-refractivity contribution < 1.29 is 18.7 Å². The zero-order valence-electron chi connectivity index (χ0n) is 22.9. The van der Waals surface area contributed by atoms with Gasteiger partial charge in [-0.2, -0.15) is 0 Å². The molecule has 4 atom stereocenters. The Bertz CT molecular complexity index is 1520. The van der Waals surface area contributed by atoms with E-state index in [0.29, 0.717) is 48.7 Å². The Labute approximate surface area is 241 Å². The molecule has 0 spiro atoms. The quantitative estimate of drug-likeness (QED) is 0.426. The van der Waals surface area contributed by atoms with Crippen LogP contribution in [0.4, 0.5) is 14.9 Å². The molecule has 13 heteroatoms. The first-order chi connectivity index (χ1) is 20.5. The van der Waals surface area contributed by atoms with E-state index in [1.54, 1.807) is 47.5 Å². The maximum absolute atomic E-state index is 15.3. The zero-order valence-corrected chi connectivity index (χ0v) is 22.9. The number of amides is 2. The van der Waals surface area contributed by atoms with Gasteiger partial charge in [0.15, 0.2) is 0 Å². The summed E-state index contributed by atoms with van der Waals surface area (Å²) in [5.74, 6) is -0.246. The molecule has 12 nitrogen and oxygen atoms in total. The fourth-order valence-corrected chi connectivity index (χ4v) is 6.63. The molecule has 1 saturated carbocycles. The van der Waals surface area contributed by atoms with Crippen LogP contribution in [0.1, 0.15) is 5.69 Å². The molecule has 1 N–H and O–H groups in total. The zero-order chi connectivity index (χ0) is 28.8. The first-order valence-corrected chi connectivity index (χ1v) is 14.1. The van der Waals surface area contributed by atoms with E-state index in [4.69, 9.17) is 11.3 Å². The van der Waals surface area contributed by atoms with Gasteiger partial charge in [-0.05, 0) is 24.3 Å². The summed E-state index contributed by atoms with van der Waals surface area (Å²) in [5, 5.41) is 10.9. The minimum absolute atomic E-state index is 0.0601. The third-order valence-electron chi connectivity index (χ3n) is 8.93. The molecule has 4 aliphatic rings. The van der Waals surface area contributed by atoms with E-state index in [9.17, 15) is 9.59 Å². The van der Waals surface area contributed by atoms with Crippen LogP contribution in [-0.2, 0) is 21.6 Å². The highest BCUT2D eigenvalue weighted by molar-refractivity contribution is 5.90. The van der Waals surface area contributed by atoms with E-state index in [1.165, 1.54) is 11.0 Å². The number of carbonyl (C=O) groups excluding carboxylic acids is 2. The average molecular weight is 572 g/mol. The second-order valence-corrected chi connectivity index (χ2v) is 11.3. The molecule has 7 rings (SSSR count). The SMILES string of the molecule is [C-]#[N+]C1(c2ccc(-c3ccc(N4C[C@H](Cn5ccnn5)OC4=O)cc3F)cn2)[C@@H]2CN(C(=O)CN3CCNCC3)C[C@@H]21. The van der Waals surface area contributed by atoms with Crippen LogP contribution >= 0.6 is 0 Å². The fraction of sp³-hybridized carbons (Fsp3) is 0.448. The van der Waals surface area contributed by atoms with Crippen molar-refractivity contribution in [1.29, 1.82) is 0 Å². The monoisotopic (exact) mass is 571 g/mol. The van der Waals surface area contributed by atoms with Gasteiger partial charge in [-0.25, -0.2) is 20.4 Å². The molecule has 0 bridgehead atoms. The van der Waals surface area contributed by atoms with Crippen LogP contribution in [0.3, 0.4) is 0 Å². The van der Waals surface area contributed by atoms with E-state index >= 15 is 4.39 Å². The van der Waals surface area contributed by atoms with Crippen molar-refractivity contribution in [3.63, 3.8) is 0 Å². The number of fused-ring (bicyclic) bond motifs is 1. The highest BCUT2D eigenvalue weighted by atomic mass is 19.1. The molecule has 0 radical (unpaired) electrons. The average Bonchev–Trinajstić information content (AvgIpc) is 3.51. The summed E-state index contributed by atoms with van der Waals surface area (Å²) in [5.41, 5.74) is 1.27. The van der Waals surface area contributed by atoms with E-state index in [0.717, 1.165) is 26.2 Å². The largest absolute Gasteiger partial charge is 0.442 e. The molecule has 4 fully saturated rings. The minimum Gasteiger partial charge on any atom is -0.442 e. The highest BCUT2D eigenvalue weighted by Crippen LogP contribution is 2.64. The third kappa shape index (κ3) is 4.56. The number of aromatic nitrogens is 4. The number of pyridine rings is 1. The molecule has 1 aliphatic carbocycles. The fourth-order valence-electron chi connectivity index (χ4n) is 6.63. The van der Waals surface area contributed by atoms with E-state index < -0.39 is 23.6 Å². The van der Waals surface area contributed by atoms with Crippen LogP contribution in [0.25, 0.3) is 16.0 Å². The number of piperidine rings is 1. The van der Waals surface area contributed by atoms with Crippen LogP contribution in [0.5, 0.6) is 0 Å². The first kappa shape index (κ1) is 26.5. The smallest absolute Gasteiger partial charge is 0.414 e. The van der Waals surface area contributed by atoms with Crippen molar-refractivity contribution in [3.05, 3.63) is 71.9 Å². The lowest BCUT2D eigenvalue weighted by Gasteiger charge is -2.29. The molecule has 5 heterocycles. The number of ether oxygens (including phenoxy) is 1. The molecular weight excluding hydrogens is 541 g/mol. The number of nitrogens with one attached hydrogen (secondary N) is 1. The number of halogens is 1. The molecule has 1 unspecified atom stereocenters. The van der Waals surface area contributed by atoms with Crippen molar-refractivity contribution in [3.8, 4) is 11.1 Å². The number of cyclic esters (lactones) is 1. The van der Waals surface area contributed by atoms with Gasteiger partial charge in [0, 0.05) is 62.8 Å². The second-order valence-electron chi connectivity index (χ2n) is 11.3. The summed E-state index contributed by atoms with van der Waals surface area (Å²) in [6, 6.07) is 8.22. The Morgan fingerprint density at radius 1 is 1.17 bits per heavy atom. The van der Waals surface area contributed by atoms with Gasteiger partial charge < -0.3 is 19.8 Å². The van der Waals surface area contributed by atoms with Gasteiger partial charge in [0.1, 0.15) is 17.6 Å². The van der Waals surface area contributed by atoms with Crippen molar-refractivity contribution in [2.24, 2.45) is 11.8 Å². The number of hydrogen-bond donors (Lipinski definition) is 1. The molecular formula is C29H30FN9O3. The third-order valence-corrected chi connectivity index (χ3v) is 8.93. The summed E-state index contributed by atoms with van der Waals surface area (Å²) >= 11 is 0. The van der Waals surface area contributed by atoms with Gasteiger partial charge in [-0.3, -0.25) is 19.6 Å². The highest BCUT2D eigenvalue weighted by Gasteiger charge is 2.78.